The summed E-state index contributed by atoms with van der Waals surface area (Å²) in [7, 11) is 0. The predicted octanol–water partition coefficient (Wildman–Crippen LogP) is 2.02. The van der Waals surface area contributed by atoms with E-state index >= 15 is 0 Å². The summed E-state index contributed by atoms with van der Waals surface area (Å²) in [6, 6.07) is -0.169. The Morgan fingerprint density at radius 2 is 2.11 bits per heavy atom. The number of esters is 1. The third kappa shape index (κ3) is 4.09. The van der Waals surface area contributed by atoms with Crippen molar-refractivity contribution in [3.05, 3.63) is 0 Å². The van der Waals surface area contributed by atoms with Crippen molar-refractivity contribution in [2.75, 3.05) is 19.7 Å². The Bertz CT molecular complexity index is 291. The van der Waals surface area contributed by atoms with Crippen LogP contribution in [0.1, 0.15) is 46.5 Å². The van der Waals surface area contributed by atoms with Gasteiger partial charge in [0.25, 0.3) is 0 Å². The average Bonchev–Trinajstić information content (AvgIpc) is 2.36. The fourth-order valence-electron chi connectivity index (χ4n) is 2.58. The first-order valence-electron chi connectivity index (χ1n) is 7.01. The lowest BCUT2D eigenvalue weighted by atomic mass is 9.93. The van der Waals surface area contributed by atoms with Crippen LogP contribution in [0.2, 0.25) is 0 Å². The van der Waals surface area contributed by atoms with Gasteiger partial charge in [-0.2, -0.15) is 0 Å². The highest BCUT2D eigenvalue weighted by molar-refractivity contribution is 5.79. The molecule has 1 aliphatic rings. The molecule has 1 aliphatic heterocycles. The number of ether oxygens (including phenoxy) is 1. The Morgan fingerprint density at radius 3 is 2.67 bits per heavy atom. The second-order valence-electron chi connectivity index (χ2n) is 5.00. The van der Waals surface area contributed by atoms with Crippen LogP contribution >= 0.6 is 0 Å². The van der Waals surface area contributed by atoms with Gasteiger partial charge in [0.05, 0.1) is 6.61 Å². The molecule has 0 amide bonds. The number of piperidine rings is 1. The summed E-state index contributed by atoms with van der Waals surface area (Å²) in [5.74, 6) is 0.190. The zero-order valence-electron chi connectivity index (χ0n) is 11.8. The maximum atomic E-state index is 12.0. The minimum Gasteiger partial charge on any atom is -0.465 e. The zero-order valence-corrected chi connectivity index (χ0v) is 11.8. The van der Waals surface area contributed by atoms with Gasteiger partial charge in [-0.3, -0.25) is 14.5 Å². The van der Waals surface area contributed by atoms with E-state index < -0.39 is 0 Å². The first-order valence-corrected chi connectivity index (χ1v) is 7.01. The van der Waals surface area contributed by atoms with E-state index in [-0.39, 0.29) is 23.7 Å². The third-order valence-electron chi connectivity index (χ3n) is 3.59. The molecule has 1 saturated heterocycles. The van der Waals surface area contributed by atoms with E-state index in [1.54, 1.807) is 6.92 Å². The number of carbonyl (C=O) groups is 2. The van der Waals surface area contributed by atoms with Gasteiger partial charge < -0.3 is 4.74 Å². The molecule has 2 atom stereocenters. The molecule has 104 valence electrons. The van der Waals surface area contributed by atoms with Gasteiger partial charge in [-0.15, -0.1) is 0 Å². The number of ketones is 1. The largest absolute Gasteiger partial charge is 0.465 e. The Labute approximate surface area is 110 Å². The lowest BCUT2D eigenvalue weighted by molar-refractivity contribution is -0.151. The minimum absolute atomic E-state index is 0.0903. The van der Waals surface area contributed by atoms with Gasteiger partial charge in [-0.05, 0) is 39.7 Å². The predicted molar refractivity (Wildman–Crippen MR) is 70.3 cm³/mol. The van der Waals surface area contributed by atoms with Crippen molar-refractivity contribution < 1.29 is 14.3 Å². The summed E-state index contributed by atoms with van der Waals surface area (Å²) in [4.78, 5) is 25.6. The third-order valence-corrected chi connectivity index (χ3v) is 3.59. The molecule has 0 N–H and O–H groups in total. The molecule has 4 heteroatoms. The van der Waals surface area contributed by atoms with Crippen molar-refractivity contribution in [2.45, 2.75) is 52.5 Å². The molecule has 0 aromatic heterocycles. The number of carbonyl (C=O) groups excluding carboxylic acids is 2. The lowest BCUT2D eigenvalue weighted by Crippen LogP contribution is -2.48. The molecule has 0 aliphatic carbocycles. The molecule has 0 saturated carbocycles. The number of nitrogens with zero attached hydrogens (tertiary/aromatic N) is 1. The first kappa shape index (κ1) is 15.2. The molecule has 0 aromatic rings. The van der Waals surface area contributed by atoms with Gasteiger partial charge in [0.2, 0.25) is 0 Å². The molecule has 18 heavy (non-hydrogen) atoms. The maximum absolute atomic E-state index is 12.0. The molecule has 1 fully saturated rings. The Hall–Kier alpha value is -0.900. The summed E-state index contributed by atoms with van der Waals surface area (Å²) in [5.41, 5.74) is 0. The van der Waals surface area contributed by atoms with Gasteiger partial charge in [0, 0.05) is 12.5 Å². The average molecular weight is 255 g/mol. The number of hydrogen-bond donors (Lipinski definition) is 0. The molecule has 4 nitrogen and oxygen atoms in total. The molecule has 1 rings (SSSR count). The van der Waals surface area contributed by atoms with Gasteiger partial charge in [0.1, 0.15) is 11.8 Å². The van der Waals surface area contributed by atoms with E-state index in [1.165, 1.54) is 0 Å². The molecule has 0 aromatic carbocycles. The standard InChI is InChI=1S/C14H25NO3/c1-4-7-13(14(17)18-5-2)15-9-6-8-12(10-15)11(3)16/h12-13H,4-10H2,1-3H3. The second-order valence-corrected chi connectivity index (χ2v) is 5.00. The first-order chi connectivity index (χ1) is 8.60. The molecule has 1 heterocycles. The van der Waals surface area contributed by atoms with Crippen LogP contribution < -0.4 is 0 Å². The molecule has 0 bridgehead atoms. The van der Waals surface area contributed by atoms with Crippen LogP contribution in [0, 0.1) is 5.92 Å². The topological polar surface area (TPSA) is 46.6 Å². The fraction of sp³-hybridized carbons (Fsp3) is 0.857. The second kappa shape index (κ2) is 7.52. The van der Waals surface area contributed by atoms with Crippen LogP contribution in [0.15, 0.2) is 0 Å². The fourth-order valence-corrected chi connectivity index (χ4v) is 2.58. The maximum Gasteiger partial charge on any atom is 0.323 e. The zero-order chi connectivity index (χ0) is 13.5. The van der Waals surface area contributed by atoms with Crippen molar-refractivity contribution in [2.24, 2.45) is 5.92 Å². The van der Waals surface area contributed by atoms with E-state index in [4.69, 9.17) is 4.74 Å². The SMILES string of the molecule is CCCC(C(=O)OCC)N1CCCC(C(C)=O)C1. The highest BCUT2D eigenvalue weighted by Gasteiger charge is 2.32. The van der Waals surface area contributed by atoms with Crippen molar-refractivity contribution in [1.29, 1.82) is 0 Å². The smallest absolute Gasteiger partial charge is 0.323 e. The van der Waals surface area contributed by atoms with E-state index in [2.05, 4.69) is 11.8 Å². The normalized spacial score (nSPS) is 22.5. The van der Waals surface area contributed by atoms with Crippen LogP contribution in [-0.2, 0) is 14.3 Å². The van der Waals surface area contributed by atoms with E-state index in [1.807, 2.05) is 6.92 Å². The Morgan fingerprint density at radius 1 is 1.39 bits per heavy atom. The lowest BCUT2D eigenvalue weighted by Gasteiger charge is -2.36. The van der Waals surface area contributed by atoms with Crippen LogP contribution in [-0.4, -0.2) is 42.4 Å². The summed E-state index contributed by atoms with van der Waals surface area (Å²) < 4.78 is 5.14. The number of rotatable bonds is 6. The summed E-state index contributed by atoms with van der Waals surface area (Å²) in [6.45, 7) is 7.57. The molecule has 2 unspecified atom stereocenters. The van der Waals surface area contributed by atoms with E-state index in [0.717, 1.165) is 32.2 Å². The molecular weight excluding hydrogens is 230 g/mol. The summed E-state index contributed by atoms with van der Waals surface area (Å²) in [5, 5.41) is 0. The van der Waals surface area contributed by atoms with Gasteiger partial charge in [0.15, 0.2) is 0 Å². The number of Topliss-reactive ketones (excluding diaryl/α,β-unsaturated/α-hetero) is 1. The summed E-state index contributed by atoms with van der Waals surface area (Å²) in [6.07, 6.45) is 3.70. The van der Waals surface area contributed by atoms with Crippen molar-refractivity contribution in [1.82, 2.24) is 4.90 Å². The van der Waals surface area contributed by atoms with Crippen molar-refractivity contribution in [3.63, 3.8) is 0 Å². The van der Waals surface area contributed by atoms with E-state index in [0.29, 0.717) is 13.2 Å². The van der Waals surface area contributed by atoms with Gasteiger partial charge in [-0.1, -0.05) is 13.3 Å². The van der Waals surface area contributed by atoms with Crippen molar-refractivity contribution in [3.8, 4) is 0 Å². The highest BCUT2D eigenvalue weighted by atomic mass is 16.5. The highest BCUT2D eigenvalue weighted by Crippen LogP contribution is 2.21. The van der Waals surface area contributed by atoms with Crippen LogP contribution in [0.3, 0.4) is 0 Å². The summed E-state index contributed by atoms with van der Waals surface area (Å²) >= 11 is 0. The number of likely N-dealkylation sites (tertiary alicyclic amines) is 1. The molecule has 0 radical (unpaired) electrons. The Kier molecular flexibility index (Phi) is 6.33. The van der Waals surface area contributed by atoms with Crippen LogP contribution in [0.25, 0.3) is 0 Å². The quantitative estimate of drug-likeness (QED) is 0.681. The van der Waals surface area contributed by atoms with Gasteiger partial charge in [-0.25, -0.2) is 0 Å². The van der Waals surface area contributed by atoms with E-state index in [9.17, 15) is 9.59 Å². The number of hydrogen-bond acceptors (Lipinski definition) is 4. The van der Waals surface area contributed by atoms with Crippen LogP contribution in [0.4, 0.5) is 0 Å². The van der Waals surface area contributed by atoms with Crippen molar-refractivity contribution >= 4 is 11.8 Å². The molecular formula is C14H25NO3. The van der Waals surface area contributed by atoms with Gasteiger partial charge >= 0.3 is 5.97 Å². The van der Waals surface area contributed by atoms with Crippen LogP contribution in [0.5, 0.6) is 0 Å². The Balaban J connectivity index is 2.66. The monoisotopic (exact) mass is 255 g/mol. The molecule has 0 spiro atoms. The minimum atomic E-state index is -0.169.